The zero-order chi connectivity index (χ0) is 15.4. The van der Waals surface area contributed by atoms with Crippen molar-refractivity contribution < 1.29 is 14.3 Å². The summed E-state index contributed by atoms with van der Waals surface area (Å²) in [4.78, 5) is 15.0. The van der Waals surface area contributed by atoms with E-state index in [9.17, 15) is 4.79 Å². The Morgan fingerprint density at radius 3 is 2.75 bits per heavy atom. The van der Waals surface area contributed by atoms with Crippen molar-refractivity contribution in [3.05, 3.63) is 29.7 Å². The van der Waals surface area contributed by atoms with Crippen LogP contribution >= 0.6 is 0 Å². The van der Waals surface area contributed by atoms with E-state index < -0.39 is 12.0 Å². The number of carboxylic acids is 1. The first-order chi connectivity index (χ1) is 9.63. The molecule has 1 rings (SSSR count). The molecule has 1 aromatic heterocycles. The van der Waals surface area contributed by atoms with E-state index in [2.05, 4.69) is 4.99 Å². The van der Waals surface area contributed by atoms with Gasteiger partial charge in [0, 0.05) is 6.21 Å². The monoisotopic (exact) mass is 280 g/mol. The average Bonchev–Trinajstić information content (AvgIpc) is 2.93. The van der Waals surface area contributed by atoms with Crippen molar-refractivity contribution in [1.29, 1.82) is 0 Å². The second kappa shape index (κ2) is 11.0. The summed E-state index contributed by atoms with van der Waals surface area (Å²) in [5.41, 5.74) is 6.19. The van der Waals surface area contributed by atoms with Gasteiger partial charge in [0.15, 0.2) is 0 Å². The van der Waals surface area contributed by atoms with Crippen LogP contribution in [-0.2, 0) is 4.79 Å². The highest BCUT2D eigenvalue weighted by Crippen LogP contribution is 2.07. The molecular formula is C15H24N2O3. The first kappa shape index (κ1) is 18.1. The minimum absolute atomic E-state index is 0.455. The number of rotatable bonds is 7. The lowest BCUT2D eigenvalue weighted by Gasteiger charge is -2.05. The number of nitrogens with zero attached hydrogens (tertiary/aromatic N) is 1. The smallest absolute Gasteiger partial charge is 0.328 e. The van der Waals surface area contributed by atoms with E-state index in [1.165, 1.54) is 0 Å². The van der Waals surface area contributed by atoms with Gasteiger partial charge in [-0.05, 0) is 50.1 Å². The molecular weight excluding hydrogens is 256 g/mol. The SMILES string of the molecule is C/C(C=NC(CCCN)C(=O)O)=C\c1ccco1.CC. The standard InChI is InChI=1S/C13H18N2O3.C2H6/c1-10(8-11-4-3-7-18-11)9-15-12(13(16)17)5-2-6-14;1-2/h3-4,7-9,12H,2,5-6,14H2,1H3,(H,16,17);1-2H3/b10-8+,15-9?;. The summed E-state index contributed by atoms with van der Waals surface area (Å²) in [5, 5.41) is 8.98. The maximum atomic E-state index is 10.9. The molecule has 1 heterocycles. The lowest BCUT2D eigenvalue weighted by molar-refractivity contribution is -0.138. The molecule has 0 bridgehead atoms. The average molecular weight is 280 g/mol. The molecule has 3 N–H and O–H groups in total. The van der Waals surface area contributed by atoms with Crippen LogP contribution in [0.2, 0.25) is 0 Å². The summed E-state index contributed by atoms with van der Waals surface area (Å²) in [5.74, 6) is -0.210. The van der Waals surface area contributed by atoms with E-state index in [0.717, 1.165) is 5.57 Å². The van der Waals surface area contributed by atoms with Gasteiger partial charge in [-0.1, -0.05) is 13.8 Å². The van der Waals surface area contributed by atoms with Gasteiger partial charge in [-0.15, -0.1) is 0 Å². The maximum Gasteiger partial charge on any atom is 0.328 e. The number of furan rings is 1. The Hall–Kier alpha value is -1.88. The quantitative estimate of drug-likeness (QED) is 0.751. The lowest BCUT2D eigenvalue weighted by Crippen LogP contribution is -2.19. The van der Waals surface area contributed by atoms with E-state index in [-0.39, 0.29) is 0 Å². The van der Waals surface area contributed by atoms with Gasteiger partial charge in [0.1, 0.15) is 11.8 Å². The van der Waals surface area contributed by atoms with Crippen LogP contribution in [0.25, 0.3) is 6.08 Å². The fourth-order valence-electron chi connectivity index (χ4n) is 1.42. The molecule has 0 saturated heterocycles. The molecule has 0 spiro atoms. The van der Waals surface area contributed by atoms with Gasteiger partial charge in [-0.2, -0.15) is 0 Å². The zero-order valence-electron chi connectivity index (χ0n) is 12.4. The molecule has 0 aliphatic carbocycles. The molecule has 1 aromatic rings. The van der Waals surface area contributed by atoms with Crippen LogP contribution in [0, 0.1) is 0 Å². The molecule has 0 fully saturated rings. The molecule has 20 heavy (non-hydrogen) atoms. The molecule has 0 aliphatic rings. The normalized spacial score (nSPS) is 12.9. The molecule has 1 unspecified atom stereocenters. The number of aliphatic imine (C=N–C) groups is 1. The molecule has 0 radical (unpaired) electrons. The summed E-state index contributed by atoms with van der Waals surface area (Å²) >= 11 is 0. The fourth-order valence-corrected chi connectivity index (χ4v) is 1.42. The minimum atomic E-state index is -0.925. The molecule has 0 aromatic carbocycles. The van der Waals surface area contributed by atoms with Crippen molar-refractivity contribution in [3.8, 4) is 0 Å². The Labute approximate surface area is 120 Å². The predicted molar refractivity (Wildman–Crippen MR) is 81.9 cm³/mol. The van der Waals surface area contributed by atoms with E-state index in [1.807, 2.05) is 26.8 Å². The zero-order valence-corrected chi connectivity index (χ0v) is 12.4. The Morgan fingerprint density at radius 1 is 1.55 bits per heavy atom. The number of nitrogens with two attached hydrogens (primary N) is 1. The first-order valence-electron chi connectivity index (χ1n) is 6.81. The third-order valence-corrected chi connectivity index (χ3v) is 2.34. The summed E-state index contributed by atoms with van der Waals surface area (Å²) in [7, 11) is 0. The van der Waals surface area contributed by atoms with Crippen LogP contribution < -0.4 is 5.73 Å². The molecule has 0 amide bonds. The van der Waals surface area contributed by atoms with Gasteiger partial charge >= 0.3 is 5.97 Å². The number of hydrogen-bond acceptors (Lipinski definition) is 4. The molecule has 112 valence electrons. The first-order valence-corrected chi connectivity index (χ1v) is 6.81. The van der Waals surface area contributed by atoms with Crippen molar-refractivity contribution in [2.45, 2.75) is 39.7 Å². The lowest BCUT2D eigenvalue weighted by atomic mass is 10.1. The van der Waals surface area contributed by atoms with Crippen molar-refractivity contribution in [1.82, 2.24) is 0 Å². The number of carbonyl (C=O) groups is 1. The third-order valence-electron chi connectivity index (χ3n) is 2.34. The van der Waals surface area contributed by atoms with Gasteiger partial charge < -0.3 is 15.3 Å². The number of aliphatic carboxylic acids is 1. The van der Waals surface area contributed by atoms with Crippen molar-refractivity contribution in [2.24, 2.45) is 10.7 Å². The Bertz CT molecular complexity index is 422. The maximum absolute atomic E-state index is 10.9. The predicted octanol–water partition coefficient (Wildman–Crippen LogP) is 2.97. The second-order valence-electron chi connectivity index (χ2n) is 3.97. The highest BCUT2D eigenvalue weighted by Gasteiger charge is 2.13. The summed E-state index contributed by atoms with van der Waals surface area (Å²) in [6.45, 7) is 6.31. The number of carboxylic acid groups (broad SMARTS) is 1. The van der Waals surface area contributed by atoms with E-state index in [1.54, 1.807) is 24.6 Å². The van der Waals surface area contributed by atoms with Crippen molar-refractivity contribution >= 4 is 18.3 Å². The van der Waals surface area contributed by atoms with E-state index >= 15 is 0 Å². The summed E-state index contributed by atoms with van der Waals surface area (Å²) < 4.78 is 5.15. The van der Waals surface area contributed by atoms with Crippen LogP contribution in [0.15, 0.2) is 33.4 Å². The van der Waals surface area contributed by atoms with Crippen LogP contribution in [-0.4, -0.2) is 29.9 Å². The van der Waals surface area contributed by atoms with Crippen molar-refractivity contribution in [2.75, 3.05) is 6.54 Å². The van der Waals surface area contributed by atoms with Crippen LogP contribution in [0.4, 0.5) is 0 Å². The van der Waals surface area contributed by atoms with Crippen molar-refractivity contribution in [3.63, 3.8) is 0 Å². The number of allylic oxidation sites excluding steroid dienone is 1. The number of hydrogen-bond donors (Lipinski definition) is 2. The second-order valence-corrected chi connectivity index (χ2v) is 3.97. The molecule has 0 saturated carbocycles. The fraction of sp³-hybridized carbons (Fsp3) is 0.467. The van der Waals surface area contributed by atoms with Crippen LogP contribution in [0.1, 0.15) is 39.4 Å². The Balaban J connectivity index is 0.00000172. The van der Waals surface area contributed by atoms with E-state index in [0.29, 0.717) is 25.1 Å². The summed E-state index contributed by atoms with van der Waals surface area (Å²) in [6.07, 6.45) is 6.03. The topological polar surface area (TPSA) is 88.8 Å². The van der Waals surface area contributed by atoms with Crippen LogP contribution in [0.3, 0.4) is 0 Å². The van der Waals surface area contributed by atoms with E-state index in [4.69, 9.17) is 15.3 Å². The molecule has 5 heteroatoms. The minimum Gasteiger partial charge on any atom is -0.480 e. The van der Waals surface area contributed by atoms with Gasteiger partial charge in [-0.3, -0.25) is 4.99 Å². The van der Waals surface area contributed by atoms with Gasteiger partial charge in [0.25, 0.3) is 0 Å². The molecule has 0 aliphatic heterocycles. The van der Waals surface area contributed by atoms with Gasteiger partial charge in [0.05, 0.1) is 6.26 Å². The largest absolute Gasteiger partial charge is 0.480 e. The Kier molecular flexibility index (Phi) is 9.96. The van der Waals surface area contributed by atoms with Gasteiger partial charge in [0.2, 0.25) is 0 Å². The molecule has 5 nitrogen and oxygen atoms in total. The van der Waals surface area contributed by atoms with Gasteiger partial charge in [-0.25, -0.2) is 4.79 Å². The Morgan fingerprint density at radius 2 is 2.25 bits per heavy atom. The highest BCUT2D eigenvalue weighted by molar-refractivity contribution is 5.86. The van der Waals surface area contributed by atoms with Crippen LogP contribution in [0.5, 0.6) is 0 Å². The third kappa shape index (κ3) is 7.53. The molecule has 1 atom stereocenters. The highest BCUT2D eigenvalue weighted by atomic mass is 16.4. The summed E-state index contributed by atoms with van der Waals surface area (Å²) in [6, 6.07) is 2.88.